The number of rotatable bonds is 6. The Labute approximate surface area is 152 Å². The van der Waals surface area contributed by atoms with Gasteiger partial charge in [-0.1, -0.05) is 37.6 Å². The van der Waals surface area contributed by atoms with Crippen molar-refractivity contribution in [3.63, 3.8) is 0 Å². The fourth-order valence-electron chi connectivity index (χ4n) is 2.11. The third kappa shape index (κ3) is 5.80. The summed E-state index contributed by atoms with van der Waals surface area (Å²) in [6.45, 7) is 4.11. The van der Waals surface area contributed by atoms with Gasteiger partial charge in [0, 0.05) is 10.6 Å². The van der Waals surface area contributed by atoms with Crippen LogP contribution in [0.5, 0.6) is 5.75 Å². The lowest BCUT2D eigenvalue weighted by atomic mass is 9.99. The van der Waals surface area contributed by atoms with Gasteiger partial charge in [0.25, 0.3) is 11.8 Å². The minimum atomic E-state index is -0.451. The molecule has 6 heteroatoms. The Balaban J connectivity index is 1.76. The van der Waals surface area contributed by atoms with Crippen molar-refractivity contribution in [2.45, 2.75) is 26.2 Å². The number of carbonyl (C=O) groups is 2. The lowest BCUT2D eigenvalue weighted by molar-refractivity contribution is -0.123. The van der Waals surface area contributed by atoms with E-state index >= 15 is 0 Å². The highest BCUT2D eigenvalue weighted by Crippen LogP contribution is 2.21. The van der Waals surface area contributed by atoms with Gasteiger partial charge in [-0.15, -0.1) is 0 Å². The van der Waals surface area contributed by atoms with Gasteiger partial charge in [-0.05, 0) is 54.3 Å². The Morgan fingerprint density at radius 3 is 2.28 bits per heavy atom. The molecule has 0 saturated carbocycles. The van der Waals surface area contributed by atoms with E-state index in [9.17, 15) is 9.59 Å². The van der Waals surface area contributed by atoms with Crippen LogP contribution in [0.15, 0.2) is 48.5 Å². The van der Waals surface area contributed by atoms with Crippen molar-refractivity contribution >= 4 is 23.4 Å². The van der Waals surface area contributed by atoms with E-state index in [0.29, 0.717) is 22.3 Å². The van der Waals surface area contributed by atoms with Gasteiger partial charge in [0.05, 0.1) is 0 Å². The number of ether oxygens (including phenoxy) is 1. The average molecular weight is 361 g/mol. The number of carbonyl (C=O) groups excluding carboxylic acids is 2. The van der Waals surface area contributed by atoms with Crippen LogP contribution in [0.1, 0.15) is 42.1 Å². The van der Waals surface area contributed by atoms with Crippen LogP contribution in [0.4, 0.5) is 0 Å². The van der Waals surface area contributed by atoms with Crippen molar-refractivity contribution in [3.8, 4) is 5.75 Å². The lowest BCUT2D eigenvalue weighted by Gasteiger charge is -2.11. The zero-order valence-corrected chi connectivity index (χ0v) is 15.0. The zero-order chi connectivity index (χ0) is 18.2. The molecule has 132 valence electrons. The summed E-state index contributed by atoms with van der Waals surface area (Å²) in [6.07, 6.45) is 1.07. The highest BCUT2D eigenvalue weighted by molar-refractivity contribution is 6.30. The number of nitrogens with one attached hydrogen (secondary N) is 2. The predicted molar refractivity (Wildman–Crippen MR) is 97.7 cm³/mol. The Hall–Kier alpha value is -2.53. The summed E-state index contributed by atoms with van der Waals surface area (Å²) in [5.41, 5.74) is 6.26. The SMILES string of the molecule is CCC(C)c1ccc(OCC(=O)NNC(=O)c2ccc(Cl)cc2)cc1. The van der Waals surface area contributed by atoms with Gasteiger partial charge in [-0.2, -0.15) is 0 Å². The number of hydrazine groups is 1. The summed E-state index contributed by atoms with van der Waals surface area (Å²) in [5.74, 6) is 0.211. The first-order valence-electron chi connectivity index (χ1n) is 8.07. The summed E-state index contributed by atoms with van der Waals surface area (Å²) >= 11 is 5.76. The molecule has 1 unspecified atom stereocenters. The van der Waals surface area contributed by atoms with Crippen LogP contribution in [0.3, 0.4) is 0 Å². The standard InChI is InChI=1S/C19H21ClN2O3/c1-3-13(2)14-6-10-17(11-7-14)25-12-18(23)21-22-19(24)15-4-8-16(20)9-5-15/h4-11,13H,3,12H2,1-2H3,(H,21,23)(H,22,24). The number of hydrogen-bond donors (Lipinski definition) is 2. The smallest absolute Gasteiger partial charge is 0.276 e. The quantitative estimate of drug-likeness (QED) is 0.772. The van der Waals surface area contributed by atoms with Crippen molar-refractivity contribution in [1.29, 1.82) is 0 Å². The maximum atomic E-state index is 11.9. The van der Waals surface area contributed by atoms with E-state index in [4.69, 9.17) is 16.3 Å². The number of benzene rings is 2. The second-order valence-corrected chi connectivity index (χ2v) is 6.11. The summed E-state index contributed by atoms with van der Waals surface area (Å²) in [4.78, 5) is 23.6. The minimum absolute atomic E-state index is 0.191. The second-order valence-electron chi connectivity index (χ2n) is 5.68. The van der Waals surface area contributed by atoms with Crippen LogP contribution in [0, 0.1) is 0 Å². The maximum Gasteiger partial charge on any atom is 0.276 e. The lowest BCUT2D eigenvalue weighted by Crippen LogP contribution is -2.43. The molecule has 0 radical (unpaired) electrons. The van der Waals surface area contributed by atoms with Crippen LogP contribution >= 0.6 is 11.6 Å². The summed E-state index contributed by atoms with van der Waals surface area (Å²) in [7, 11) is 0. The molecule has 0 spiro atoms. The molecule has 0 fully saturated rings. The molecule has 0 bridgehead atoms. The zero-order valence-electron chi connectivity index (χ0n) is 14.2. The van der Waals surface area contributed by atoms with E-state index in [1.165, 1.54) is 5.56 Å². The van der Waals surface area contributed by atoms with E-state index in [1.54, 1.807) is 24.3 Å². The average Bonchev–Trinajstić information content (AvgIpc) is 2.64. The van der Waals surface area contributed by atoms with Gasteiger partial charge in [0.2, 0.25) is 0 Å². The summed E-state index contributed by atoms with van der Waals surface area (Å²) in [6, 6.07) is 14.0. The van der Waals surface area contributed by atoms with E-state index in [1.807, 2.05) is 24.3 Å². The molecular weight excluding hydrogens is 340 g/mol. The normalized spacial score (nSPS) is 11.5. The third-order valence-corrected chi connectivity index (χ3v) is 4.11. The summed E-state index contributed by atoms with van der Waals surface area (Å²) in [5, 5.41) is 0.535. The highest BCUT2D eigenvalue weighted by atomic mass is 35.5. The number of amides is 2. The highest BCUT2D eigenvalue weighted by Gasteiger charge is 2.08. The van der Waals surface area contributed by atoms with Gasteiger partial charge < -0.3 is 4.74 Å². The van der Waals surface area contributed by atoms with E-state index in [-0.39, 0.29) is 6.61 Å². The molecule has 0 aliphatic rings. The van der Waals surface area contributed by atoms with Gasteiger partial charge in [0.15, 0.2) is 6.61 Å². The molecule has 2 aromatic carbocycles. The molecule has 2 N–H and O–H groups in total. The van der Waals surface area contributed by atoms with E-state index in [0.717, 1.165) is 6.42 Å². The van der Waals surface area contributed by atoms with Gasteiger partial charge in [-0.3, -0.25) is 20.4 Å². The third-order valence-electron chi connectivity index (χ3n) is 3.85. The molecule has 2 aromatic rings. The molecule has 0 aliphatic carbocycles. The Kier molecular flexibility index (Phi) is 6.83. The fourth-order valence-corrected chi connectivity index (χ4v) is 2.24. The monoisotopic (exact) mass is 360 g/mol. The molecule has 2 amide bonds. The van der Waals surface area contributed by atoms with Crippen molar-refractivity contribution in [2.75, 3.05) is 6.61 Å². The van der Waals surface area contributed by atoms with Crippen LogP contribution in [-0.2, 0) is 4.79 Å². The van der Waals surface area contributed by atoms with Gasteiger partial charge in [-0.25, -0.2) is 0 Å². The fraction of sp³-hybridized carbons (Fsp3) is 0.263. The molecule has 0 saturated heterocycles. The minimum Gasteiger partial charge on any atom is -0.484 e. The predicted octanol–water partition coefficient (Wildman–Crippen LogP) is 3.69. The first kappa shape index (κ1) is 18.8. The number of hydrogen-bond acceptors (Lipinski definition) is 3. The molecule has 5 nitrogen and oxygen atoms in total. The first-order valence-corrected chi connectivity index (χ1v) is 8.45. The molecule has 2 rings (SSSR count). The van der Waals surface area contributed by atoms with E-state index in [2.05, 4.69) is 24.7 Å². The molecule has 0 heterocycles. The van der Waals surface area contributed by atoms with Crippen LogP contribution in [0.25, 0.3) is 0 Å². The molecule has 25 heavy (non-hydrogen) atoms. The summed E-state index contributed by atoms with van der Waals surface area (Å²) < 4.78 is 5.41. The molecule has 0 aliphatic heterocycles. The largest absolute Gasteiger partial charge is 0.484 e. The number of halogens is 1. The molecule has 0 aromatic heterocycles. The Morgan fingerprint density at radius 1 is 1.04 bits per heavy atom. The van der Waals surface area contributed by atoms with Crippen LogP contribution < -0.4 is 15.6 Å². The van der Waals surface area contributed by atoms with Crippen LogP contribution in [-0.4, -0.2) is 18.4 Å². The van der Waals surface area contributed by atoms with E-state index < -0.39 is 11.8 Å². The Bertz CT molecular complexity index is 714. The van der Waals surface area contributed by atoms with Crippen molar-refractivity contribution in [2.24, 2.45) is 0 Å². The molecule has 1 atom stereocenters. The van der Waals surface area contributed by atoms with Crippen LogP contribution in [0.2, 0.25) is 5.02 Å². The topological polar surface area (TPSA) is 67.4 Å². The van der Waals surface area contributed by atoms with Crippen molar-refractivity contribution in [1.82, 2.24) is 10.9 Å². The van der Waals surface area contributed by atoms with Crippen molar-refractivity contribution < 1.29 is 14.3 Å². The van der Waals surface area contributed by atoms with Gasteiger partial charge in [0.1, 0.15) is 5.75 Å². The first-order chi connectivity index (χ1) is 12.0. The van der Waals surface area contributed by atoms with Crippen molar-refractivity contribution in [3.05, 3.63) is 64.7 Å². The second kappa shape index (κ2) is 9.08. The maximum absolute atomic E-state index is 11.9. The molecular formula is C19H21ClN2O3. The Morgan fingerprint density at radius 2 is 1.68 bits per heavy atom. The van der Waals surface area contributed by atoms with Gasteiger partial charge >= 0.3 is 0 Å².